The number of hydrazone groups is 1. The number of nitrogens with zero attached hydrogens (tertiary/aromatic N) is 1. The predicted octanol–water partition coefficient (Wildman–Crippen LogP) is 3.55. The van der Waals surface area contributed by atoms with Crippen LogP contribution in [0.5, 0.6) is 0 Å². The first-order chi connectivity index (χ1) is 12.6. The van der Waals surface area contributed by atoms with E-state index < -0.39 is 0 Å². The molecule has 6 heteroatoms. The molecule has 2 atom stereocenters. The van der Waals surface area contributed by atoms with Crippen molar-refractivity contribution in [1.82, 2.24) is 15.7 Å². The van der Waals surface area contributed by atoms with Gasteiger partial charge in [0.15, 0.2) is 0 Å². The highest BCUT2D eigenvalue weighted by Crippen LogP contribution is 2.31. The molecular weight excluding hydrogens is 348 g/mol. The number of halogens is 1. The summed E-state index contributed by atoms with van der Waals surface area (Å²) in [5.41, 5.74) is 6.97. The van der Waals surface area contributed by atoms with Crippen LogP contribution in [0.15, 0.2) is 53.6 Å². The Morgan fingerprint density at radius 3 is 2.81 bits per heavy atom. The second-order valence-corrected chi connectivity index (χ2v) is 6.93. The zero-order valence-corrected chi connectivity index (χ0v) is 15.0. The molecule has 0 fully saturated rings. The number of rotatable bonds is 3. The number of benzene rings is 2. The number of carbonyl (C=O) groups is 1. The fourth-order valence-corrected chi connectivity index (χ4v) is 3.55. The lowest BCUT2D eigenvalue weighted by molar-refractivity contribution is -0.123. The van der Waals surface area contributed by atoms with Crippen LogP contribution in [-0.4, -0.2) is 23.1 Å². The largest absolute Gasteiger partial charge is 0.357 e. The lowest BCUT2D eigenvalue weighted by Crippen LogP contribution is -2.47. The van der Waals surface area contributed by atoms with E-state index in [4.69, 9.17) is 11.6 Å². The van der Waals surface area contributed by atoms with Gasteiger partial charge in [-0.25, -0.2) is 5.43 Å². The lowest BCUT2D eigenvalue weighted by Gasteiger charge is -2.27. The van der Waals surface area contributed by atoms with Crippen LogP contribution in [0.4, 0.5) is 0 Å². The Labute approximate surface area is 156 Å². The van der Waals surface area contributed by atoms with Gasteiger partial charge in [0.05, 0.1) is 12.3 Å². The number of amides is 1. The minimum Gasteiger partial charge on any atom is -0.357 e. The second-order valence-electron chi connectivity index (χ2n) is 6.49. The Bertz CT molecular complexity index is 977. The SMILES string of the molecule is C[C@@H]1N[C@@H](C(=O)NN=Cc2ccc(Cl)cc2)Cc2c1[nH]c1ccccc21. The average molecular weight is 367 g/mol. The van der Waals surface area contributed by atoms with E-state index in [9.17, 15) is 4.79 Å². The molecule has 1 aliphatic heterocycles. The molecule has 4 rings (SSSR count). The highest BCUT2D eigenvalue weighted by atomic mass is 35.5. The third-order valence-corrected chi connectivity index (χ3v) is 4.97. The van der Waals surface area contributed by atoms with Gasteiger partial charge in [-0.2, -0.15) is 5.10 Å². The summed E-state index contributed by atoms with van der Waals surface area (Å²) in [5, 5.41) is 9.26. The Morgan fingerprint density at radius 2 is 2.00 bits per heavy atom. The molecule has 1 amide bonds. The van der Waals surface area contributed by atoms with Crippen LogP contribution in [0.3, 0.4) is 0 Å². The first kappa shape index (κ1) is 16.8. The number of aromatic amines is 1. The van der Waals surface area contributed by atoms with Crippen molar-refractivity contribution in [3.05, 3.63) is 70.4 Å². The van der Waals surface area contributed by atoms with Crippen LogP contribution in [-0.2, 0) is 11.2 Å². The monoisotopic (exact) mass is 366 g/mol. The van der Waals surface area contributed by atoms with Crippen molar-refractivity contribution in [3.8, 4) is 0 Å². The minimum atomic E-state index is -0.320. The first-order valence-corrected chi connectivity index (χ1v) is 8.93. The van der Waals surface area contributed by atoms with E-state index in [-0.39, 0.29) is 18.0 Å². The van der Waals surface area contributed by atoms with Crippen LogP contribution < -0.4 is 10.7 Å². The van der Waals surface area contributed by atoms with Gasteiger partial charge in [-0.1, -0.05) is 41.9 Å². The number of nitrogens with one attached hydrogen (secondary N) is 3. The van der Waals surface area contributed by atoms with Gasteiger partial charge in [0, 0.05) is 27.7 Å². The topological polar surface area (TPSA) is 69.3 Å². The Hall–Kier alpha value is -2.63. The molecule has 0 bridgehead atoms. The number of fused-ring (bicyclic) bond motifs is 3. The van der Waals surface area contributed by atoms with Crippen molar-refractivity contribution in [2.45, 2.75) is 25.4 Å². The van der Waals surface area contributed by atoms with Gasteiger partial charge in [0.25, 0.3) is 5.91 Å². The number of para-hydroxylation sites is 1. The maximum atomic E-state index is 12.5. The third-order valence-electron chi connectivity index (χ3n) is 4.71. The third kappa shape index (κ3) is 3.23. The van der Waals surface area contributed by atoms with Crippen molar-refractivity contribution in [2.24, 2.45) is 5.10 Å². The van der Waals surface area contributed by atoms with Gasteiger partial charge in [-0.15, -0.1) is 0 Å². The molecule has 2 heterocycles. The van der Waals surface area contributed by atoms with E-state index in [0.717, 1.165) is 16.8 Å². The quantitative estimate of drug-likeness (QED) is 0.490. The van der Waals surface area contributed by atoms with Gasteiger partial charge >= 0.3 is 0 Å². The molecule has 0 saturated carbocycles. The Balaban J connectivity index is 1.48. The standard InChI is InChI=1S/C20H19ClN4O/c1-12-19-16(15-4-2-3-5-17(15)24-19)10-18(23-12)20(26)25-22-11-13-6-8-14(21)9-7-13/h2-9,11-12,18,23-24H,10H2,1H3,(H,25,26)/t12-,18+/m0/s1. The van der Waals surface area contributed by atoms with Crippen molar-refractivity contribution in [1.29, 1.82) is 0 Å². The smallest absolute Gasteiger partial charge is 0.257 e. The maximum absolute atomic E-state index is 12.5. The fourth-order valence-electron chi connectivity index (χ4n) is 3.42. The van der Waals surface area contributed by atoms with Gasteiger partial charge in [0.2, 0.25) is 0 Å². The minimum absolute atomic E-state index is 0.0714. The maximum Gasteiger partial charge on any atom is 0.257 e. The fraction of sp³-hybridized carbons (Fsp3) is 0.200. The molecule has 1 aromatic heterocycles. The highest BCUT2D eigenvalue weighted by Gasteiger charge is 2.30. The Morgan fingerprint density at radius 1 is 1.23 bits per heavy atom. The van der Waals surface area contributed by atoms with Crippen LogP contribution in [0.1, 0.15) is 29.8 Å². The predicted molar refractivity (Wildman–Crippen MR) is 105 cm³/mol. The lowest BCUT2D eigenvalue weighted by atomic mass is 9.94. The zero-order valence-electron chi connectivity index (χ0n) is 14.3. The summed E-state index contributed by atoms with van der Waals surface area (Å²) in [6.45, 7) is 2.06. The molecule has 3 N–H and O–H groups in total. The summed E-state index contributed by atoms with van der Waals surface area (Å²) in [4.78, 5) is 16.0. The van der Waals surface area contributed by atoms with Gasteiger partial charge in [0.1, 0.15) is 0 Å². The molecule has 1 aliphatic rings. The summed E-state index contributed by atoms with van der Waals surface area (Å²) in [7, 11) is 0. The van der Waals surface area contributed by atoms with Crippen LogP contribution in [0, 0.1) is 0 Å². The molecule has 5 nitrogen and oxygen atoms in total. The van der Waals surface area contributed by atoms with Crippen molar-refractivity contribution < 1.29 is 4.79 Å². The van der Waals surface area contributed by atoms with E-state index in [1.807, 2.05) is 24.3 Å². The summed E-state index contributed by atoms with van der Waals surface area (Å²) in [6, 6.07) is 15.2. The molecule has 0 unspecified atom stereocenters. The van der Waals surface area contributed by atoms with E-state index in [1.165, 1.54) is 10.9 Å². The first-order valence-electron chi connectivity index (χ1n) is 8.56. The number of carbonyl (C=O) groups excluding carboxylic acids is 1. The molecule has 2 aromatic carbocycles. The van der Waals surface area contributed by atoms with E-state index >= 15 is 0 Å². The molecule has 0 saturated heterocycles. The van der Waals surface area contributed by atoms with Crippen LogP contribution in [0.25, 0.3) is 10.9 Å². The van der Waals surface area contributed by atoms with E-state index in [1.54, 1.807) is 18.3 Å². The molecule has 132 valence electrons. The van der Waals surface area contributed by atoms with Crippen molar-refractivity contribution in [2.75, 3.05) is 0 Å². The molecule has 0 aliphatic carbocycles. The van der Waals surface area contributed by atoms with Crippen molar-refractivity contribution in [3.63, 3.8) is 0 Å². The Kier molecular flexibility index (Phi) is 4.49. The number of H-pyrrole nitrogens is 1. The highest BCUT2D eigenvalue weighted by molar-refractivity contribution is 6.30. The average Bonchev–Trinajstić information content (AvgIpc) is 3.03. The number of aromatic nitrogens is 1. The normalized spacial score (nSPS) is 19.6. The summed E-state index contributed by atoms with van der Waals surface area (Å²) < 4.78 is 0. The van der Waals surface area contributed by atoms with Crippen LogP contribution in [0.2, 0.25) is 5.02 Å². The second kappa shape index (κ2) is 6.94. The molecule has 0 spiro atoms. The number of hydrogen-bond donors (Lipinski definition) is 3. The van der Waals surface area contributed by atoms with Gasteiger partial charge in [-0.05, 0) is 42.7 Å². The number of hydrogen-bond acceptors (Lipinski definition) is 3. The molecule has 26 heavy (non-hydrogen) atoms. The van der Waals surface area contributed by atoms with Gasteiger partial charge in [-0.3, -0.25) is 10.1 Å². The molecular formula is C20H19ClN4O. The van der Waals surface area contributed by atoms with Crippen molar-refractivity contribution >= 4 is 34.6 Å². The van der Waals surface area contributed by atoms with E-state index in [2.05, 4.69) is 39.9 Å². The zero-order chi connectivity index (χ0) is 18.1. The van der Waals surface area contributed by atoms with Crippen LogP contribution >= 0.6 is 11.6 Å². The van der Waals surface area contributed by atoms with Gasteiger partial charge < -0.3 is 4.98 Å². The summed E-state index contributed by atoms with van der Waals surface area (Å²) in [5.74, 6) is -0.141. The molecule has 0 radical (unpaired) electrons. The van der Waals surface area contributed by atoms with E-state index in [0.29, 0.717) is 11.4 Å². The molecule has 3 aromatic rings. The summed E-state index contributed by atoms with van der Waals surface area (Å²) in [6.07, 6.45) is 2.24. The summed E-state index contributed by atoms with van der Waals surface area (Å²) >= 11 is 5.86.